The highest BCUT2D eigenvalue weighted by atomic mass is 32.1. The van der Waals surface area contributed by atoms with Crippen molar-refractivity contribution in [3.63, 3.8) is 0 Å². The fraction of sp³-hybridized carbons (Fsp3) is 0.333. The number of anilines is 1. The van der Waals surface area contributed by atoms with Gasteiger partial charge in [0.15, 0.2) is 0 Å². The molecule has 1 unspecified atom stereocenters. The first-order valence-electron chi connectivity index (χ1n) is 10.3. The van der Waals surface area contributed by atoms with Crippen molar-refractivity contribution in [2.45, 2.75) is 32.2 Å². The van der Waals surface area contributed by atoms with Crippen LogP contribution in [-0.2, 0) is 11.2 Å². The van der Waals surface area contributed by atoms with Gasteiger partial charge < -0.3 is 15.0 Å². The minimum absolute atomic E-state index is 0.0686. The molecule has 6 heteroatoms. The van der Waals surface area contributed by atoms with Gasteiger partial charge in [0, 0.05) is 30.1 Å². The van der Waals surface area contributed by atoms with Crippen LogP contribution in [0.2, 0.25) is 0 Å². The van der Waals surface area contributed by atoms with Crippen molar-refractivity contribution in [1.29, 1.82) is 0 Å². The van der Waals surface area contributed by atoms with Gasteiger partial charge >= 0.3 is 0 Å². The molecule has 1 amide bonds. The number of carbonyl (C=O) groups excluding carboxylic acids is 1. The largest absolute Gasteiger partial charge is 0.495 e. The van der Waals surface area contributed by atoms with Crippen LogP contribution in [0.4, 0.5) is 5.69 Å². The summed E-state index contributed by atoms with van der Waals surface area (Å²) in [5, 5.41) is 6.34. The number of piperidine rings is 1. The number of methoxy groups -OCH3 is 1. The Hall–Kier alpha value is -2.86. The number of ether oxygens (including phenoxy) is 1. The molecule has 1 aliphatic rings. The van der Waals surface area contributed by atoms with E-state index in [0.717, 1.165) is 59.2 Å². The van der Waals surface area contributed by atoms with Crippen LogP contribution in [0, 0.1) is 6.92 Å². The molecule has 0 saturated carbocycles. The van der Waals surface area contributed by atoms with E-state index in [9.17, 15) is 4.79 Å². The lowest BCUT2D eigenvalue weighted by atomic mass is 10.0. The van der Waals surface area contributed by atoms with Gasteiger partial charge in [-0.05, 0) is 37.5 Å². The second-order valence-electron chi connectivity index (χ2n) is 7.65. The van der Waals surface area contributed by atoms with Gasteiger partial charge in [0.2, 0.25) is 5.91 Å². The maximum absolute atomic E-state index is 12.6. The molecular formula is C24H27N3O2S. The molecule has 0 spiro atoms. The Morgan fingerprint density at radius 3 is 2.77 bits per heavy atom. The minimum atomic E-state index is 0.0686. The van der Waals surface area contributed by atoms with E-state index in [1.807, 2.05) is 49.4 Å². The van der Waals surface area contributed by atoms with Gasteiger partial charge in [0.25, 0.3) is 0 Å². The van der Waals surface area contributed by atoms with E-state index in [-0.39, 0.29) is 11.9 Å². The highest BCUT2D eigenvalue weighted by Gasteiger charge is 2.23. The summed E-state index contributed by atoms with van der Waals surface area (Å²) in [5.41, 5.74) is 4.18. The lowest BCUT2D eigenvalue weighted by molar-refractivity contribution is -0.121. The van der Waals surface area contributed by atoms with E-state index < -0.39 is 0 Å². The normalized spacial score (nSPS) is 16.3. The number of carbonyl (C=O) groups is 1. The molecule has 2 heterocycles. The number of para-hydroxylation sites is 2. The number of thiazole rings is 1. The maximum atomic E-state index is 12.6. The Kier molecular flexibility index (Phi) is 6.33. The van der Waals surface area contributed by atoms with Gasteiger partial charge in [-0.2, -0.15) is 0 Å². The molecule has 5 nitrogen and oxygen atoms in total. The number of amides is 1. The molecule has 3 aromatic rings. The van der Waals surface area contributed by atoms with Crippen molar-refractivity contribution in [3.05, 3.63) is 64.5 Å². The number of nitrogens with zero attached hydrogens (tertiary/aromatic N) is 2. The molecule has 30 heavy (non-hydrogen) atoms. The number of rotatable bonds is 6. The third-order valence-corrected chi connectivity index (χ3v) is 6.22. The number of nitrogens with one attached hydrogen (secondary N) is 1. The summed E-state index contributed by atoms with van der Waals surface area (Å²) in [4.78, 5) is 19.5. The van der Waals surface area contributed by atoms with E-state index in [0.29, 0.717) is 6.42 Å². The first-order chi connectivity index (χ1) is 14.6. The first kappa shape index (κ1) is 20.4. The Balaban J connectivity index is 1.34. The summed E-state index contributed by atoms with van der Waals surface area (Å²) in [5.74, 6) is 0.944. The molecule has 4 rings (SSSR count). The van der Waals surface area contributed by atoms with Crippen molar-refractivity contribution in [3.8, 4) is 17.0 Å². The number of hydrogen-bond acceptors (Lipinski definition) is 5. The van der Waals surface area contributed by atoms with E-state index in [4.69, 9.17) is 4.74 Å². The Morgan fingerprint density at radius 1 is 1.23 bits per heavy atom. The molecule has 2 aromatic carbocycles. The van der Waals surface area contributed by atoms with E-state index in [1.54, 1.807) is 18.4 Å². The summed E-state index contributed by atoms with van der Waals surface area (Å²) in [6.45, 7) is 3.78. The number of benzene rings is 2. The van der Waals surface area contributed by atoms with Gasteiger partial charge in [-0.1, -0.05) is 36.4 Å². The molecule has 0 radical (unpaired) electrons. The molecule has 1 saturated heterocycles. The molecule has 1 atom stereocenters. The third-order valence-electron chi connectivity index (χ3n) is 5.45. The minimum Gasteiger partial charge on any atom is -0.495 e. The monoisotopic (exact) mass is 421 g/mol. The first-order valence-corrected chi connectivity index (χ1v) is 11.2. The standard InChI is InChI=1S/C24H27N3O2S/c1-17-25-21(16-30-17)19-11-9-18(10-12-19)14-24(28)26-20-6-5-13-27(15-20)22-7-3-4-8-23(22)29-2/h3-4,7-12,16,20H,5-6,13-15H2,1-2H3,(H,26,28). The third kappa shape index (κ3) is 4.82. The smallest absolute Gasteiger partial charge is 0.224 e. The van der Waals surface area contributed by atoms with Crippen molar-refractivity contribution < 1.29 is 9.53 Å². The molecular weight excluding hydrogens is 394 g/mol. The topological polar surface area (TPSA) is 54.5 Å². The zero-order valence-corrected chi connectivity index (χ0v) is 18.2. The van der Waals surface area contributed by atoms with Crippen molar-refractivity contribution in [2.24, 2.45) is 0 Å². The van der Waals surface area contributed by atoms with Gasteiger partial charge in [0.1, 0.15) is 5.75 Å². The summed E-state index contributed by atoms with van der Waals surface area (Å²) in [7, 11) is 1.70. The fourth-order valence-electron chi connectivity index (χ4n) is 3.96. The zero-order chi connectivity index (χ0) is 20.9. The summed E-state index contributed by atoms with van der Waals surface area (Å²) < 4.78 is 5.50. The molecule has 1 N–H and O–H groups in total. The zero-order valence-electron chi connectivity index (χ0n) is 17.4. The number of aromatic nitrogens is 1. The summed E-state index contributed by atoms with van der Waals surface area (Å²) in [6.07, 6.45) is 2.44. The molecule has 156 valence electrons. The predicted octanol–water partition coefficient (Wildman–Crippen LogP) is 4.45. The van der Waals surface area contributed by atoms with Crippen LogP contribution in [0.3, 0.4) is 0 Å². The van der Waals surface area contributed by atoms with Crippen LogP contribution in [-0.4, -0.2) is 37.1 Å². The Bertz CT molecular complexity index is 1000. The molecule has 1 aromatic heterocycles. The van der Waals surface area contributed by atoms with Crippen LogP contribution >= 0.6 is 11.3 Å². The molecule has 1 aliphatic heterocycles. The van der Waals surface area contributed by atoms with Crippen molar-refractivity contribution >= 4 is 22.9 Å². The predicted molar refractivity (Wildman–Crippen MR) is 122 cm³/mol. The molecule has 0 aliphatic carbocycles. The maximum Gasteiger partial charge on any atom is 0.224 e. The van der Waals surface area contributed by atoms with Gasteiger partial charge in [-0.25, -0.2) is 4.98 Å². The van der Waals surface area contributed by atoms with Crippen LogP contribution in [0.5, 0.6) is 5.75 Å². The lowest BCUT2D eigenvalue weighted by Gasteiger charge is -2.35. The highest BCUT2D eigenvalue weighted by Crippen LogP contribution is 2.30. The SMILES string of the molecule is COc1ccccc1N1CCCC(NC(=O)Cc2ccc(-c3csc(C)n3)cc2)C1. The fourth-order valence-corrected chi connectivity index (χ4v) is 4.58. The van der Waals surface area contributed by atoms with Crippen LogP contribution in [0.15, 0.2) is 53.9 Å². The quantitative estimate of drug-likeness (QED) is 0.639. The molecule has 0 bridgehead atoms. The van der Waals surface area contributed by atoms with Gasteiger partial charge in [-0.3, -0.25) is 4.79 Å². The lowest BCUT2D eigenvalue weighted by Crippen LogP contribution is -2.48. The van der Waals surface area contributed by atoms with Crippen molar-refractivity contribution in [1.82, 2.24) is 10.3 Å². The highest BCUT2D eigenvalue weighted by molar-refractivity contribution is 7.09. The second-order valence-corrected chi connectivity index (χ2v) is 8.71. The Morgan fingerprint density at radius 2 is 2.03 bits per heavy atom. The van der Waals surface area contributed by atoms with Crippen molar-refractivity contribution in [2.75, 3.05) is 25.1 Å². The van der Waals surface area contributed by atoms with Crippen LogP contribution < -0.4 is 15.0 Å². The van der Waals surface area contributed by atoms with Crippen LogP contribution in [0.1, 0.15) is 23.4 Å². The Labute approximate surface area is 181 Å². The van der Waals surface area contributed by atoms with Gasteiger partial charge in [-0.15, -0.1) is 11.3 Å². The van der Waals surface area contributed by atoms with E-state index in [1.165, 1.54) is 0 Å². The number of aryl methyl sites for hydroxylation is 1. The average Bonchev–Trinajstić information content (AvgIpc) is 3.20. The van der Waals surface area contributed by atoms with E-state index in [2.05, 4.69) is 26.6 Å². The van der Waals surface area contributed by atoms with Gasteiger partial charge in [0.05, 0.1) is 29.9 Å². The second kappa shape index (κ2) is 9.30. The van der Waals surface area contributed by atoms with E-state index >= 15 is 0 Å². The molecule has 1 fully saturated rings. The summed E-state index contributed by atoms with van der Waals surface area (Å²) >= 11 is 1.65. The number of hydrogen-bond donors (Lipinski definition) is 1. The summed E-state index contributed by atoms with van der Waals surface area (Å²) in [6, 6.07) is 16.3. The average molecular weight is 422 g/mol. The van der Waals surface area contributed by atoms with Crippen LogP contribution in [0.25, 0.3) is 11.3 Å².